The molecule has 7 heteroatoms. The Labute approximate surface area is 98.9 Å². The van der Waals surface area contributed by atoms with Crippen molar-refractivity contribution in [3.63, 3.8) is 0 Å². The van der Waals surface area contributed by atoms with Gasteiger partial charge in [-0.25, -0.2) is 5.43 Å². The van der Waals surface area contributed by atoms with Crippen molar-refractivity contribution in [3.05, 3.63) is 33.1 Å². The van der Waals surface area contributed by atoms with Crippen LogP contribution in [0.15, 0.2) is 21.2 Å². The Morgan fingerprint density at radius 2 is 2.47 bits per heavy atom. The summed E-state index contributed by atoms with van der Waals surface area (Å²) < 4.78 is 10.1. The smallest absolute Gasteiger partial charge is 0.141 e. The van der Waals surface area contributed by atoms with E-state index in [1.54, 1.807) is 6.26 Å². The van der Waals surface area contributed by atoms with E-state index in [9.17, 15) is 0 Å². The number of rotatable bonds is 3. The maximum Gasteiger partial charge on any atom is 0.141 e. The summed E-state index contributed by atoms with van der Waals surface area (Å²) in [5.41, 5.74) is 3.55. The molecule has 0 aromatic carbocycles. The number of hydrogen-bond acceptors (Lipinski definition) is 6. The van der Waals surface area contributed by atoms with Crippen molar-refractivity contribution in [2.75, 3.05) is 0 Å². The molecule has 0 spiro atoms. The summed E-state index contributed by atoms with van der Waals surface area (Å²) in [6.45, 7) is 1.89. The van der Waals surface area contributed by atoms with Crippen LogP contribution in [0, 0.1) is 6.92 Å². The quantitative estimate of drug-likeness (QED) is 0.665. The third-order valence-corrected chi connectivity index (χ3v) is 3.57. The summed E-state index contributed by atoms with van der Waals surface area (Å²) in [6.07, 6.45) is 1.60. The lowest BCUT2D eigenvalue weighted by molar-refractivity contribution is 0.452. The summed E-state index contributed by atoms with van der Waals surface area (Å²) in [5.74, 6) is 6.24. The predicted molar refractivity (Wildman–Crippen MR) is 60.2 cm³/mol. The zero-order valence-electron chi connectivity index (χ0n) is 7.90. The molecule has 0 fully saturated rings. The van der Waals surface area contributed by atoms with Gasteiger partial charge in [0.2, 0.25) is 0 Å². The van der Waals surface area contributed by atoms with Gasteiger partial charge in [0.1, 0.15) is 11.8 Å². The number of aromatic nitrogens is 2. The highest BCUT2D eigenvalue weighted by Gasteiger charge is 2.22. The maximum atomic E-state index is 5.51. The molecule has 2 heterocycles. The van der Waals surface area contributed by atoms with Crippen LogP contribution in [0.5, 0.6) is 0 Å². The van der Waals surface area contributed by atoms with E-state index in [1.807, 2.05) is 13.0 Å². The standard InChI is InChI=1S/C8H9BrN4OS/c1-4-8(15-13-12-4)6(11-10)7-5(9)2-3-14-7/h2-3,6,11H,10H2,1H3. The molecular formula is C8H9BrN4OS. The van der Waals surface area contributed by atoms with E-state index in [2.05, 4.69) is 30.9 Å². The van der Waals surface area contributed by atoms with Crippen LogP contribution in [0.4, 0.5) is 0 Å². The van der Waals surface area contributed by atoms with Crippen molar-refractivity contribution in [2.24, 2.45) is 5.84 Å². The molecule has 5 nitrogen and oxygen atoms in total. The topological polar surface area (TPSA) is 77.0 Å². The first kappa shape index (κ1) is 10.7. The molecule has 0 saturated carbocycles. The van der Waals surface area contributed by atoms with Gasteiger partial charge in [-0.05, 0) is 40.5 Å². The van der Waals surface area contributed by atoms with Crippen LogP contribution in [0.1, 0.15) is 22.4 Å². The minimum absolute atomic E-state index is 0.214. The van der Waals surface area contributed by atoms with Gasteiger partial charge in [-0.3, -0.25) is 5.84 Å². The van der Waals surface area contributed by atoms with Crippen molar-refractivity contribution in [1.29, 1.82) is 0 Å². The Bertz CT molecular complexity index is 415. The molecule has 0 bridgehead atoms. The average Bonchev–Trinajstić information content (AvgIpc) is 2.80. The van der Waals surface area contributed by atoms with Gasteiger partial charge in [-0.15, -0.1) is 5.10 Å². The fourth-order valence-electron chi connectivity index (χ4n) is 1.28. The number of hydrazine groups is 1. The second-order valence-electron chi connectivity index (χ2n) is 2.96. The lowest BCUT2D eigenvalue weighted by Gasteiger charge is -2.11. The Hall–Kier alpha value is -0.760. The third kappa shape index (κ3) is 1.96. The van der Waals surface area contributed by atoms with Gasteiger partial charge >= 0.3 is 0 Å². The van der Waals surface area contributed by atoms with Crippen LogP contribution in [0.25, 0.3) is 0 Å². The molecule has 3 N–H and O–H groups in total. The number of nitrogens with two attached hydrogens (primary N) is 1. The number of hydrogen-bond donors (Lipinski definition) is 2. The average molecular weight is 289 g/mol. The monoisotopic (exact) mass is 288 g/mol. The van der Waals surface area contributed by atoms with Crippen LogP contribution >= 0.6 is 27.5 Å². The van der Waals surface area contributed by atoms with E-state index < -0.39 is 0 Å². The minimum atomic E-state index is -0.214. The van der Waals surface area contributed by atoms with Gasteiger partial charge in [0, 0.05) is 0 Å². The second-order valence-corrected chi connectivity index (χ2v) is 4.60. The molecule has 2 rings (SSSR count). The van der Waals surface area contributed by atoms with Gasteiger partial charge in [-0.1, -0.05) is 4.49 Å². The second kappa shape index (κ2) is 4.40. The molecule has 1 unspecified atom stereocenters. The van der Waals surface area contributed by atoms with Gasteiger partial charge < -0.3 is 4.42 Å². The van der Waals surface area contributed by atoms with Gasteiger partial charge in [0.15, 0.2) is 0 Å². The Morgan fingerprint density at radius 1 is 1.67 bits per heavy atom. The molecule has 0 saturated heterocycles. The lowest BCUT2D eigenvalue weighted by atomic mass is 10.2. The maximum absolute atomic E-state index is 5.51. The summed E-state index contributed by atoms with van der Waals surface area (Å²) in [4.78, 5) is 0.952. The van der Waals surface area contributed by atoms with Crippen molar-refractivity contribution in [2.45, 2.75) is 13.0 Å². The van der Waals surface area contributed by atoms with E-state index in [1.165, 1.54) is 11.5 Å². The van der Waals surface area contributed by atoms with Crippen LogP contribution in [0.3, 0.4) is 0 Å². The molecule has 0 radical (unpaired) electrons. The zero-order valence-corrected chi connectivity index (χ0v) is 10.3. The highest BCUT2D eigenvalue weighted by Crippen LogP contribution is 2.31. The fraction of sp³-hybridized carbons (Fsp3) is 0.250. The van der Waals surface area contributed by atoms with E-state index in [0.717, 1.165) is 20.8 Å². The van der Waals surface area contributed by atoms with E-state index in [4.69, 9.17) is 10.3 Å². The van der Waals surface area contributed by atoms with E-state index in [0.29, 0.717) is 0 Å². The number of aryl methyl sites for hydroxylation is 1. The number of nitrogens with zero attached hydrogens (tertiary/aromatic N) is 2. The molecule has 15 heavy (non-hydrogen) atoms. The summed E-state index contributed by atoms with van der Waals surface area (Å²) in [5, 5.41) is 3.94. The normalized spacial score (nSPS) is 13.0. The van der Waals surface area contributed by atoms with Crippen LogP contribution in [-0.2, 0) is 0 Å². The molecule has 2 aromatic heterocycles. The van der Waals surface area contributed by atoms with Gasteiger partial charge in [-0.2, -0.15) is 0 Å². The molecule has 0 aliphatic carbocycles. The number of halogens is 1. The molecule has 0 amide bonds. The molecule has 1 atom stereocenters. The zero-order chi connectivity index (χ0) is 10.8. The Kier molecular flexibility index (Phi) is 3.15. The first-order valence-corrected chi connectivity index (χ1v) is 5.78. The van der Waals surface area contributed by atoms with Gasteiger partial charge in [0.25, 0.3) is 0 Å². The minimum Gasteiger partial charge on any atom is -0.466 e. The van der Waals surface area contributed by atoms with Crippen LogP contribution < -0.4 is 11.3 Å². The highest BCUT2D eigenvalue weighted by molar-refractivity contribution is 9.10. The molecule has 0 aliphatic rings. The first-order chi connectivity index (χ1) is 7.24. The van der Waals surface area contributed by atoms with E-state index >= 15 is 0 Å². The predicted octanol–water partition coefficient (Wildman–Crippen LogP) is 1.75. The first-order valence-electron chi connectivity index (χ1n) is 4.22. The summed E-state index contributed by atoms with van der Waals surface area (Å²) in [7, 11) is 0. The molecular weight excluding hydrogens is 280 g/mol. The Morgan fingerprint density at radius 3 is 2.93 bits per heavy atom. The van der Waals surface area contributed by atoms with Crippen molar-refractivity contribution >= 4 is 27.5 Å². The lowest BCUT2D eigenvalue weighted by Crippen LogP contribution is -2.28. The van der Waals surface area contributed by atoms with Crippen LogP contribution in [0.2, 0.25) is 0 Å². The summed E-state index contributed by atoms with van der Waals surface area (Å²) in [6, 6.07) is 1.61. The number of nitrogens with one attached hydrogen (secondary N) is 1. The van der Waals surface area contributed by atoms with Crippen molar-refractivity contribution < 1.29 is 4.42 Å². The summed E-state index contributed by atoms with van der Waals surface area (Å²) >= 11 is 4.70. The molecule has 2 aromatic rings. The number of furan rings is 1. The molecule has 0 aliphatic heterocycles. The SMILES string of the molecule is Cc1nnsc1C(NN)c1occc1Br. The van der Waals surface area contributed by atoms with E-state index in [-0.39, 0.29) is 6.04 Å². The third-order valence-electron chi connectivity index (χ3n) is 2.02. The van der Waals surface area contributed by atoms with Gasteiger partial charge in [0.05, 0.1) is 21.3 Å². The fourth-order valence-corrected chi connectivity index (χ4v) is 2.42. The molecule has 80 valence electrons. The van der Waals surface area contributed by atoms with Crippen molar-refractivity contribution in [3.8, 4) is 0 Å². The highest BCUT2D eigenvalue weighted by atomic mass is 79.9. The van der Waals surface area contributed by atoms with Crippen LogP contribution in [-0.4, -0.2) is 9.59 Å². The Balaban J connectivity index is 2.41. The van der Waals surface area contributed by atoms with Crippen molar-refractivity contribution in [1.82, 2.24) is 15.0 Å². The largest absolute Gasteiger partial charge is 0.466 e.